The molecule has 0 bridgehead atoms. The lowest BCUT2D eigenvalue weighted by Crippen LogP contribution is -1.99. The molecule has 100 valence electrons. The molecule has 0 heterocycles. The summed E-state index contributed by atoms with van der Waals surface area (Å²) in [5.74, 6) is 1.55. The fourth-order valence-corrected chi connectivity index (χ4v) is 2.43. The van der Waals surface area contributed by atoms with Crippen LogP contribution in [0.4, 0.5) is 0 Å². The van der Waals surface area contributed by atoms with E-state index in [0.29, 0.717) is 17.0 Å². The van der Waals surface area contributed by atoms with E-state index in [1.807, 2.05) is 42.5 Å². The first kappa shape index (κ1) is 14.2. The van der Waals surface area contributed by atoms with Crippen LogP contribution in [0.5, 0.6) is 11.5 Å². The molecule has 0 aliphatic heterocycles. The molecule has 2 aromatic rings. The highest BCUT2D eigenvalue weighted by atomic mass is 79.9. The minimum Gasteiger partial charge on any atom is -0.497 e. The van der Waals surface area contributed by atoms with Crippen molar-refractivity contribution in [3.05, 3.63) is 58.6 Å². The van der Waals surface area contributed by atoms with Crippen LogP contribution in [-0.2, 0) is 11.9 Å². The maximum Gasteiger partial charge on any atom is 0.142 e. The van der Waals surface area contributed by atoms with E-state index in [9.17, 15) is 0 Å². The molecule has 19 heavy (non-hydrogen) atoms. The van der Waals surface area contributed by atoms with Crippen LogP contribution < -0.4 is 9.47 Å². The lowest BCUT2D eigenvalue weighted by Gasteiger charge is -2.12. The third-order valence-corrected chi connectivity index (χ3v) is 3.61. The Bertz CT molecular complexity index is 558. The smallest absolute Gasteiger partial charge is 0.142 e. The van der Waals surface area contributed by atoms with Crippen LogP contribution in [0.25, 0.3) is 0 Å². The van der Waals surface area contributed by atoms with Gasteiger partial charge in [-0.15, -0.1) is 0 Å². The molecule has 2 nitrogen and oxygen atoms in total. The van der Waals surface area contributed by atoms with Crippen molar-refractivity contribution in [2.24, 2.45) is 0 Å². The van der Waals surface area contributed by atoms with E-state index < -0.39 is 0 Å². The normalized spacial score (nSPS) is 10.3. The Balaban J connectivity index is 2.14. The van der Waals surface area contributed by atoms with Gasteiger partial charge in [0.2, 0.25) is 0 Å². The number of ether oxygens (including phenoxy) is 2. The molecule has 0 fully saturated rings. The van der Waals surface area contributed by atoms with Crippen LogP contribution in [0.15, 0.2) is 42.5 Å². The van der Waals surface area contributed by atoms with Gasteiger partial charge in [0, 0.05) is 10.9 Å². The number of benzene rings is 2. The second-order valence-corrected chi connectivity index (χ2v) is 4.97. The van der Waals surface area contributed by atoms with Gasteiger partial charge in [-0.2, -0.15) is 0 Å². The monoisotopic (exact) mass is 340 g/mol. The molecule has 0 aliphatic rings. The minimum absolute atomic E-state index is 0.459. The van der Waals surface area contributed by atoms with Crippen LogP contribution in [0, 0.1) is 0 Å². The molecule has 0 radical (unpaired) electrons. The largest absolute Gasteiger partial charge is 0.497 e. The summed E-state index contributed by atoms with van der Waals surface area (Å²) in [6, 6.07) is 13.5. The van der Waals surface area contributed by atoms with Gasteiger partial charge in [-0.25, -0.2) is 0 Å². The standard InChI is InChI=1S/C15H14BrClO2/c1-18-13-6-2-4-11(8-13)10-19-15-12(9-16)5-3-7-14(15)17/h2-8H,9-10H2,1H3. The molecule has 2 rings (SSSR count). The Morgan fingerprint density at radius 1 is 1.16 bits per heavy atom. The molecular formula is C15H14BrClO2. The van der Waals surface area contributed by atoms with Gasteiger partial charge in [-0.1, -0.05) is 51.8 Å². The SMILES string of the molecule is COc1cccc(COc2c(Cl)cccc2CBr)c1. The summed E-state index contributed by atoms with van der Waals surface area (Å²) >= 11 is 9.60. The number of para-hydroxylation sites is 1. The van der Waals surface area contributed by atoms with E-state index >= 15 is 0 Å². The second-order valence-electron chi connectivity index (χ2n) is 4.00. The van der Waals surface area contributed by atoms with Crippen molar-refractivity contribution in [3.63, 3.8) is 0 Å². The quantitative estimate of drug-likeness (QED) is 0.726. The van der Waals surface area contributed by atoms with Crippen LogP contribution in [0.2, 0.25) is 5.02 Å². The minimum atomic E-state index is 0.459. The molecule has 0 saturated heterocycles. The molecule has 0 aromatic heterocycles. The average Bonchev–Trinajstić information content (AvgIpc) is 2.46. The first-order valence-electron chi connectivity index (χ1n) is 5.83. The van der Waals surface area contributed by atoms with Crippen LogP contribution in [-0.4, -0.2) is 7.11 Å². The van der Waals surface area contributed by atoms with Crippen molar-refractivity contribution in [3.8, 4) is 11.5 Å². The Hall–Kier alpha value is -1.19. The van der Waals surface area contributed by atoms with Gasteiger partial charge in [0.05, 0.1) is 12.1 Å². The van der Waals surface area contributed by atoms with E-state index in [4.69, 9.17) is 21.1 Å². The predicted molar refractivity (Wildman–Crippen MR) is 81.4 cm³/mol. The second kappa shape index (κ2) is 6.83. The van der Waals surface area contributed by atoms with E-state index in [1.165, 1.54) is 0 Å². The summed E-state index contributed by atoms with van der Waals surface area (Å²) < 4.78 is 11.0. The molecule has 0 N–H and O–H groups in total. The summed E-state index contributed by atoms with van der Waals surface area (Å²) in [7, 11) is 1.65. The molecular weight excluding hydrogens is 328 g/mol. The van der Waals surface area contributed by atoms with Crippen molar-refractivity contribution in [2.75, 3.05) is 7.11 Å². The lowest BCUT2D eigenvalue weighted by molar-refractivity contribution is 0.303. The van der Waals surface area contributed by atoms with Gasteiger partial charge in [0.25, 0.3) is 0 Å². The van der Waals surface area contributed by atoms with Gasteiger partial charge in [-0.05, 0) is 23.8 Å². The third-order valence-electron chi connectivity index (χ3n) is 2.71. The highest BCUT2D eigenvalue weighted by molar-refractivity contribution is 9.08. The average molecular weight is 342 g/mol. The zero-order valence-corrected chi connectivity index (χ0v) is 12.9. The number of hydrogen-bond donors (Lipinski definition) is 0. The summed E-state index contributed by atoms with van der Waals surface area (Å²) in [5.41, 5.74) is 2.08. The Labute approximate surface area is 126 Å². The number of hydrogen-bond acceptors (Lipinski definition) is 2. The van der Waals surface area contributed by atoms with Crippen molar-refractivity contribution < 1.29 is 9.47 Å². The van der Waals surface area contributed by atoms with Gasteiger partial charge in [-0.3, -0.25) is 0 Å². The van der Waals surface area contributed by atoms with E-state index in [0.717, 1.165) is 22.6 Å². The lowest BCUT2D eigenvalue weighted by atomic mass is 10.2. The highest BCUT2D eigenvalue weighted by Crippen LogP contribution is 2.31. The van der Waals surface area contributed by atoms with Crippen molar-refractivity contribution in [1.82, 2.24) is 0 Å². The molecule has 2 aromatic carbocycles. The molecule has 0 spiro atoms. The van der Waals surface area contributed by atoms with Gasteiger partial charge < -0.3 is 9.47 Å². The number of halogens is 2. The number of methoxy groups -OCH3 is 1. The zero-order chi connectivity index (χ0) is 13.7. The first-order valence-corrected chi connectivity index (χ1v) is 7.33. The summed E-state index contributed by atoms with van der Waals surface area (Å²) in [6.45, 7) is 0.459. The molecule has 0 amide bonds. The fraction of sp³-hybridized carbons (Fsp3) is 0.200. The fourth-order valence-electron chi connectivity index (χ4n) is 1.74. The molecule has 0 aliphatic carbocycles. The summed E-state index contributed by atoms with van der Waals surface area (Å²) in [5, 5.41) is 1.33. The van der Waals surface area contributed by atoms with E-state index in [-0.39, 0.29) is 0 Å². The maximum absolute atomic E-state index is 6.16. The van der Waals surface area contributed by atoms with Crippen molar-refractivity contribution in [1.29, 1.82) is 0 Å². The molecule has 0 saturated carbocycles. The van der Waals surface area contributed by atoms with Crippen LogP contribution in [0.1, 0.15) is 11.1 Å². The highest BCUT2D eigenvalue weighted by Gasteiger charge is 2.08. The predicted octanol–water partition coefficient (Wildman–Crippen LogP) is 4.82. The van der Waals surface area contributed by atoms with E-state index in [2.05, 4.69) is 15.9 Å². The third kappa shape index (κ3) is 3.64. The van der Waals surface area contributed by atoms with Gasteiger partial charge >= 0.3 is 0 Å². The van der Waals surface area contributed by atoms with Crippen molar-refractivity contribution in [2.45, 2.75) is 11.9 Å². The Morgan fingerprint density at radius 2 is 1.95 bits per heavy atom. The number of alkyl halides is 1. The first-order chi connectivity index (χ1) is 9.24. The van der Waals surface area contributed by atoms with Gasteiger partial charge in [0.1, 0.15) is 18.1 Å². The van der Waals surface area contributed by atoms with Gasteiger partial charge in [0.15, 0.2) is 0 Å². The molecule has 0 unspecified atom stereocenters. The van der Waals surface area contributed by atoms with E-state index in [1.54, 1.807) is 7.11 Å². The zero-order valence-electron chi connectivity index (χ0n) is 10.5. The Kier molecular flexibility index (Phi) is 5.11. The number of rotatable bonds is 5. The topological polar surface area (TPSA) is 18.5 Å². The maximum atomic E-state index is 6.16. The van der Waals surface area contributed by atoms with Crippen LogP contribution in [0.3, 0.4) is 0 Å². The summed E-state index contributed by atoms with van der Waals surface area (Å²) in [4.78, 5) is 0. The van der Waals surface area contributed by atoms with Crippen molar-refractivity contribution >= 4 is 27.5 Å². The molecule has 4 heteroatoms. The molecule has 0 atom stereocenters. The van der Waals surface area contributed by atoms with Crippen LogP contribution >= 0.6 is 27.5 Å². The summed E-state index contributed by atoms with van der Waals surface area (Å²) in [6.07, 6.45) is 0. The Morgan fingerprint density at radius 3 is 2.68 bits per heavy atom.